The molecule has 0 heterocycles. The molecule has 21 heavy (non-hydrogen) atoms. The molecule has 0 aliphatic heterocycles. The number of nitrogens with one attached hydrogen (secondary N) is 1. The first-order valence-electron chi connectivity index (χ1n) is 7.55. The number of hydrogen-bond donors (Lipinski definition) is 2. The predicted molar refractivity (Wildman–Crippen MR) is 87.1 cm³/mol. The van der Waals surface area contributed by atoms with Crippen LogP contribution < -0.4 is 15.8 Å². The molecule has 1 fully saturated rings. The molecule has 116 valence electrons. The van der Waals surface area contributed by atoms with Crippen molar-refractivity contribution in [3.05, 3.63) is 28.2 Å². The standard InChI is InChI=1S/C16H23BrN2O2/c1-11(16(20)19-13-5-3-2-4-6-13)21-14-7-8-15(17)12(9-14)10-18/h7-9,11,13H,2-6,10,18H2,1H3,(H,19,20). The van der Waals surface area contributed by atoms with Gasteiger partial charge in [0.1, 0.15) is 5.75 Å². The zero-order valence-electron chi connectivity index (χ0n) is 12.4. The Hall–Kier alpha value is -1.07. The van der Waals surface area contributed by atoms with Crippen LogP contribution in [0.4, 0.5) is 0 Å². The first kappa shape index (κ1) is 16.3. The Labute approximate surface area is 134 Å². The molecule has 0 bridgehead atoms. The summed E-state index contributed by atoms with van der Waals surface area (Å²) in [6, 6.07) is 5.91. The first-order valence-corrected chi connectivity index (χ1v) is 8.35. The van der Waals surface area contributed by atoms with Gasteiger partial charge >= 0.3 is 0 Å². The average Bonchev–Trinajstić information content (AvgIpc) is 2.50. The number of benzene rings is 1. The molecule has 2 rings (SSSR count). The van der Waals surface area contributed by atoms with Crippen LogP contribution in [0.25, 0.3) is 0 Å². The Kier molecular flexibility index (Phi) is 6.06. The van der Waals surface area contributed by atoms with E-state index in [-0.39, 0.29) is 5.91 Å². The summed E-state index contributed by atoms with van der Waals surface area (Å²) in [5.41, 5.74) is 6.63. The van der Waals surface area contributed by atoms with Crippen molar-refractivity contribution >= 4 is 21.8 Å². The largest absolute Gasteiger partial charge is 0.481 e. The lowest BCUT2D eigenvalue weighted by Gasteiger charge is -2.24. The van der Waals surface area contributed by atoms with Crippen LogP contribution in [0.15, 0.2) is 22.7 Å². The molecule has 3 N–H and O–H groups in total. The van der Waals surface area contributed by atoms with E-state index in [1.165, 1.54) is 19.3 Å². The smallest absolute Gasteiger partial charge is 0.260 e. The van der Waals surface area contributed by atoms with Crippen molar-refractivity contribution < 1.29 is 9.53 Å². The maximum absolute atomic E-state index is 12.2. The van der Waals surface area contributed by atoms with Crippen LogP contribution >= 0.6 is 15.9 Å². The topological polar surface area (TPSA) is 64.3 Å². The third kappa shape index (κ3) is 4.71. The molecule has 1 amide bonds. The van der Waals surface area contributed by atoms with E-state index in [2.05, 4.69) is 21.2 Å². The predicted octanol–water partition coefficient (Wildman–Crippen LogP) is 3.12. The normalized spacial score (nSPS) is 17.3. The van der Waals surface area contributed by atoms with Gasteiger partial charge in [-0.25, -0.2) is 0 Å². The van der Waals surface area contributed by atoms with E-state index in [0.29, 0.717) is 18.3 Å². The molecular formula is C16H23BrN2O2. The fourth-order valence-corrected chi connectivity index (χ4v) is 3.01. The summed E-state index contributed by atoms with van der Waals surface area (Å²) in [5, 5.41) is 3.08. The maximum Gasteiger partial charge on any atom is 0.260 e. The van der Waals surface area contributed by atoms with E-state index in [1.807, 2.05) is 18.2 Å². The molecule has 1 aromatic carbocycles. The molecule has 4 nitrogen and oxygen atoms in total. The van der Waals surface area contributed by atoms with Crippen LogP contribution in [0.5, 0.6) is 5.75 Å². The zero-order valence-corrected chi connectivity index (χ0v) is 14.0. The molecule has 0 aromatic heterocycles. The minimum absolute atomic E-state index is 0.0425. The van der Waals surface area contributed by atoms with Crippen LogP contribution in [0.2, 0.25) is 0 Å². The summed E-state index contributed by atoms with van der Waals surface area (Å²) in [7, 11) is 0. The van der Waals surface area contributed by atoms with Crippen molar-refractivity contribution in [2.45, 2.75) is 57.7 Å². The highest BCUT2D eigenvalue weighted by atomic mass is 79.9. The fraction of sp³-hybridized carbons (Fsp3) is 0.562. The number of carbonyl (C=O) groups excluding carboxylic acids is 1. The lowest BCUT2D eigenvalue weighted by molar-refractivity contribution is -0.128. The Morgan fingerprint density at radius 2 is 2.14 bits per heavy atom. The second kappa shape index (κ2) is 7.80. The highest BCUT2D eigenvalue weighted by Crippen LogP contribution is 2.23. The van der Waals surface area contributed by atoms with Crippen molar-refractivity contribution in [3.8, 4) is 5.75 Å². The second-order valence-corrected chi connectivity index (χ2v) is 6.42. The summed E-state index contributed by atoms with van der Waals surface area (Å²) in [5.74, 6) is 0.629. The van der Waals surface area contributed by atoms with Crippen LogP contribution in [0, 0.1) is 0 Å². The molecule has 0 saturated heterocycles. The summed E-state index contributed by atoms with van der Waals surface area (Å²) in [6.45, 7) is 2.21. The van der Waals surface area contributed by atoms with Gasteiger partial charge in [-0.1, -0.05) is 35.2 Å². The van der Waals surface area contributed by atoms with E-state index in [0.717, 1.165) is 22.9 Å². The Bertz CT molecular complexity index is 487. The summed E-state index contributed by atoms with van der Waals surface area (Å²) in [4.78, 5) is 12.2. The third-order valence-electron chi connectivity index (χ3n) is 3.87. The van der Waals surface area contributed by atoms with E-state index < -0.39 is 6.10 Å². The lowest BCUT2D eigenvalue weighted by atomic mass is 9.95. The Morgan fingerprint density at radius 1 is 1.43 bits per heavy atom. The van der Waals surface area contributed by atoms with Crippen LogP contribution in [-0.2, 0) is 11.3 Å². The molecule has 1 aliphatic rings. The van der Waals surface area contributed by atoms with Crippen molar-refractivity contribution in [2.75, 3.05) is 0 Å². The van der Waals surface area contributed by atoms with E-state index >= 15 is 0 Å². The lowest BCUT2D eigenvalue weighted by Crippen LogP contribution is -2.43. The molecule has 1 atom stereocenters. The molecular weight excluding hydrogens is 332 g/mol. The van der Waals surface area contributed by atoms with Gasteiger partial charge in [0.05, 0.1) is 0 Å². The van der Waals surface area contributed by atoms with Gasteiger partial charge in [-0.05, 0) is 43.5 Å². The van der Waals surface area contributed by atoms with E-state index in [4.69, 9.17) is 10.5 Å². The molecule has 5 heteroatoms. The molecule has 0 radical (unpaired) electrons. The van der Waals surface area contributed by atoms with Gasteiger partial charge in [-0.2, -0.15) is 0 Å². The van der Waals surface area contributed by atoms with Crippen molar-refractivity contribution in [2.24, 2.45) is 5.73 Å². The fourth-order valence-electron chi connectivity index (χ4n) is 2.60. The number of hydrogen-bond acceptors (Lipinski definition) is 3. The van der Waals surface area contributed by atoms with Gasteiger partial charge in [0.2, 0.25) is 0 Å². The highest BCUT2D eigenvalue weighted by Gasteiger charge is 2.20. The Balaban J connectivity index is 1.90. The van der Waals surface area contributed by atoms with Gasteiger partial charge in [0.25, 0.3) is 5.91 Å². The minimum atomic E-state index is -0.501. The number of carbonyl (C=O) groups is 1. The molecule has 0 spiro atoms. The molecule has 1 unspecified atom stereocenters. The van der Waals surface area contributed by atoms with E-state index in [1.54, 1.807) is 6.92 Å². The first-order chi connectivity index (χ1) is 10.1. The van der Waals surface area contributed by atoms with Gasteiger partial charge in [-0.3, -0.25) is 4.79 Å². The Morgan fingerprint density at radius 3 is 2.81 bits per heavy atom. The maximum atomic E-state index is 12.2. The molecule has 1 aromatic rings. The van der Waals surface area contributed by atoms with Gasteiger partial charge in [0.15, 0.2) is 6.10 Å². The second-order valence-electron chi connectivity index (χ2n) is 5.56. The quantitative estimate of drug-likeness (QED) is 0.853. The third-order valence-corrected chi connectivity index (χ3v) is 4.64. The highest BCUT2D eigenvalue weighted by molar-refractivity contribution is 9.10. The van der Waals surface area contributed by atoms with Crippen molar-refractivity contribution in [1.29, 1.82) is 0 Å². The monoisotopic (exact) mass is 354 g/mol. The number of rotatable bonds is 5. The van der Waals surface area contributed by atoms with Gasteiger partial charge in [0, 0.05) is 17.1 Å². The number of halogens is 1. The summed E-state index contributed by atoms with van der Waals surface area (Å²) in [6.07, 6.45) is 5.33. The number of ether oxygens (including phenoxy) is 1. The average molecular weight is 355 g/mol. The SMILES string of the molecule is CC(Oc1ccc(Br)c(CN)c1)C(=O)NC1CCCCC1. The number of nitrogens with two attached hydrogens (primary N) is 1. The van der Waals surface area contributed by atoms with Crippen LogP contribution in [-0.4, -0.2) is 18.1 Å². The summed E-state index contributed by atoms with van der Waals surface area (Å²) >= 11 is 3.44. The van der Waals surface area contributed by atoms with Gasteiger partial charge < -0.3 is 15.8 Å². The molecule has 1 aliphatic carbocycles. The number of amides is 1. The van der Waals surface area contributed by atoms with Crippen molar-refractivity contribution in [3.63, 3.8) is 0 Å². The van der Waals surface area contributed by atoms with Crippen molar-refractivity contribution in [1.82, 2.24) is 5.32 Å². The van der Waals surface area contributed by atoms with Crippen LogP contribution in [0.1, 0.15) is 44.6 Å². The zero-order chi connectivity index (χ0) is 15.2. The van der Waals surface area contributed by atoms with Gasteiger partial charge in [-0.15, -0.1) is 0 Å². The summed E-state index contributed by atoms with van der Waals surface area (Å²) < 4.78 is 6.68. The van der Waals surface area contributed by atoms with E-state index in [9.17, 15) is 4.79 Å². The molecule has 1 saturated carbocycles. The van der Waals surface area contributed by atoms with Crippen LogP contribution in [0.3, 0.4) is 0 Å². The minimum Gasteiger partial charge on any atom is -0.481 e.